The minimum atomic E-state index is -1.92. The van der Waals surface area contributed by atoms with E-state index in [1.807, 2.05) is 0 Å². The smallest absolute Gasteiger partial charge is 0.0765 e. The van der Waals surface area contributed by atoms with E-state index in [0.29, 0.717) is 5.54 Å². The summed E-state index contributed by atoms with van der Waals surface area (Å²) in [5, 5.41) is 0.0700. The van der Waals surface area contributed by atoms with E-state index in [1.165, 1.54) is 33.4 Å². The molecule has 1 unspecified atom stereocenters. The van der Waals surface area contributed by atoms with Crippen LogP contribution in [0.25, 0.3) is 17.2 Å². The molecule has 3 aromatic rings. The van der Waals surface area contributed by atoms with Gasteiger partial charge in [0.05, 0.1) is 8.07 Å². The van der Waals surface area contributed by atoms with Crippen molar-refractivity contribution in [2.24, 2.45) is 0 Å². The number of allylic oxidation sites excluding steroid dienone is 2. The molecular formula is C27H26Si. The molecule has 0 saturated carbocycles. The van der Waals surface area contributed by atoms with Gasteiger partial charge in [-0.2, -0.15) is 0 Å². The summed E-state index contributed by atoms with van der Waals surface area (Å²) >= 11 is 0. The Morgan fingerprint density at radius 2 is 1.43 bits per heavy atom. The van der Waals surface area contributed by atoms with Gasteiger partial charge in [0.2, 0.25) is 0 Å². The molecule has 0 nitrogen and oxygen atoms in total. The maximum atomic E-state index is 4.16. The predicted molar refractivity (Wildman–Crippen MR) is 123 cm³/mol. The highest BCUT2D eigenvalue weighted by Crippen LogP contribution is 2.57. The summed E-state index contributed by atoms with van der Waals surface area (Å²) < 4.78 is 0. The van der Waals surface area contributed by atoms with Crippen molar-refractivity contribution in [2.45, 2.75) is 30.1 Å². The molecule has 138 valence electrons. The minimum Gasteiger partial charge on any atom is -0.103 e. The first-order valence-electron chi connectivity index (χ1n) is 10.2. The van der Waals surface area contributed by atoms with Crippen LogP contribution in [-0.4, -0.2) is 8.07 Å². The van der Waals surface area contributed by atoms with Crippen molar-refractivity contribution in [3.05, 3.63) is 114 Å². The van der Waals surface area contributed by atoms with Gasteiger partial charge in [0.15, 0.2) is 0 Å². The maximum Gasteiger partial charge on any atom is 0.0765 e. The van der Waals surface area contributed by atoms with Crippen molar-refractivity contribution in [3.63, 3.8) is 0 Å². The fourth-order valence-electron chi connectivity index (χ4n) is 5.79. The molecule has 0 heterocycles. The lowest BCUT2D eigenvalue weighted by atomic mass is 9.96. The van der Waals surface area contributed by atoms with Crippen molar-refractivity contribution >= 4 is 14.1 Å². The third-order valence-electron chi connectivity index (χ3n) is 7.16. The van der Waals surface area contributed by atoms with Gasteiger partial charge in [0.1, 0.15) is 0 Å². The number of fused-ring (bicyclic) bond motifs is 4. The molecule has 1 atom stereocenters. The van der Waals surface area contributed by atoms with E-state index < -0.39 is 8.07 Å². The molecule has 3 aromatic carbocycles. The molecule has 5 rings (SSSR count). The van der Waals surface area contributed by atoms with Gasteiger partial charge < -0.3 is 0 Å². The summed E-state index contributed by atoms with van der Waals surface area (Å²) in [7, 11) is -1.92. The Morgan fingerprint density at radius 3 is 2.07 bits per heavy atom. The van der Waals surface area contributed by atoms with Gasteiger partial charge in [-0.25, -0.2) is 0 Å². The number of rotatable bonds is 4. The van der Waals surface area contributed by atoms with E-state index in [9.17, 15) is 0 Å². The summed E-state index contributed by atoms with van der Waals surface area (Å²) in [6.07, 6.45) is 7.99. The molecule has 1 heteroatoms. The molecule has 0 fully saturated rings. The Labute approximate surface area is 169 Å². The average Bonchev–Trinajstić information content (AvgIpc) is 3.26. The van der Waals surface area contributed by atoms with E-state index in [1.54, 1.807) is 0 Å². The second-order valence-corrected chi connectivity index (χ2v) is 13.6. The Morgan fingerprint density at radius 1 is 0.857 bits per heavy atom. The summed E-state index contributed by atoms with van der Waals surface area (Å²) in [5.74, 6) is 0. The normalized spacial score (nSPS) is 19.9. The van der Waals surface area contributed by atoms with Crippen LogP contribution < -0.4 is 0 Å². The Hall–Kier alpha value is -2.64. The zero-order valence-corrected chi connectivity index (χ0v) is 17.7. The lowest BCUT2D eigenvalue weighted by molar-refractivity contribution is 0.722. The van der Waals surface area contributed by atoms with Gasteiger partial charge in [-0.15, -0.1) is 6.58 Å². The highest BCUT2D eigenvalue weighted by atomic mass is 28.3. The molecule has 0 radical (unpaired) electrons. The van der Waals surface area contributed by atoms with E-state index in [0.717, 1.165) is 6.42 Å². The zero-order valence-electron chi connectivity index (χ0n) is 16.7. The van der Waals surface area contributed by atoms with Gasteiger partial charge in [-0.3, -0.25) is 0 Å². The van der Waals surface area contributed by atoms with Crippen LogP contribution in [0.3, 0.4) is 0 Å². The second kappa shape index (κ2) is 6.18. The van der Waals surface area contributed by atoms with E-state index in [-0.39, 0.29) is 5.04 Å². The molecule has 0 N–H and O–H groups in total. The third kappa shape index (κ3) is 2.17. The summed E-state index contributed by atoms with van der Waals surface area (Å²) in [6, 6.07) is 27.1. The van der Waals surface area contributed by atoms with Crippen LogP contribution in [0.15, 0.2) is 91.5 Å². The fraction of sp³-hybridized carbons (Fsp3) is 0.185. The van der Waals surface area contributed by atoms with Crippen molar-refractivity contribution in [3.8, 4) is 11.1 Å². The highest BCUT2D eigenvalue weighted by molar-refractivity contribution is 6.83. The van der Waals surface area contributed by atoms with Crippen LogP contribution in [0.5, 0.6) is 0 Å². The monoisotopic (exact) mass is 378 g/mol. The van der Waals surface area contributed by atoms with Crippen LogP contribution in [0.4, 0.5) is 0 Å². The highest BCUT2D eigenvalue weighted by Gasteiger charge is 2.54. The van der Waals surface area contributed by atoms with Crippen LogP contribution in [0, 0.1) is 0 Å². The number of benzene rings is 3. The lowest BCUT2D eigenvalue weighted by Crippen LogP contribution is -2.54. The van der Waals surface area contributed by atoms with Gasteiger partial charge in [0.25, 0.3) is 0 Å². The quantitative estimate of drug-likeness (QED) is 0.335. The second-order valence-electron chi connectivity index (χ2n) is 8.71. The topological polar surface area (TPSA) is 0 Å². The summed E-state index contributed by atoms with van der Waals surface area (Å²) in [4.78, 5) is 0. The lowest BCUT2D eigenvalue weighted by Gasteiger charge is -2.47. The molecule has 0 amide bonds. The molecule has 0 aliphatic heterocycles. The third-order valence-corrected chi connectivity index (χ3v) is 12.2. The number of hydrogen-bond donors (Lipinski definition) is 0. The average molecular weight is 379 g/mol. The van der Waals surface area contributed by atoms with Crippen molar-refractivity contribution in [2.75, 3.05) is 0 Å². The van der Waals surface area contributed by atoms with Gasteiger partial charge in [-0.05, 0) is 39.8 Å². The van der Waals surface area contributed by atoms with Gasteiger partial charge >= 0.3 is 0 Å². The van der Waals surface area contributed by atoms with Crippen LogP contribution >= 0.6 is 0 Å². The van der Waals surface area contributed by atoms with Crippen molar-refractivity contribution in [1.29, 1.82) is 0 Å². The first-order valence-corrected chi connectivity index (χ1v) is 13.3. The zero-order chi connectivity index (χ0) is 19.4. The molecule has 0 saturated heterocycles. The van der Waals surface area contributed by atoms with Crippen molar-refractivity contribution < 1.29 is 0 Å². The van der Waals surface area contributed by atoms with Crippen molar-refractivity contribution in [1.82, 2.24) is 0 Å². The maximum absolute atomic E-state index is 4.16. The van der Waals surface area contributed by atoms with E-state index in [4.69, 9.17) is 0 Å². The van der Waals surface area contributed by atoms with Gasteiger partial charge in [-0.1, -0.05) is 104 Å². The largest absolute Gasteiger partial charge is 0.103 e. The molecule has 28 heavy (non-hydrogen) atoms. The van der Waals surface area contributed by atoms with E-state index in [2.05, 4.69) is 111 Å². The predicted octanol–water partition coefficient (Wildman–Crippen LogP) is 7.13. The summed E-state index contributed by atoms with van der Waals surface area (Å²) in [5.41, 5.74) is 9.23. The first-order chi connectivity index (χ1) is 13.6. The standard InChI is InChI=1S/C27H26Si/c1-4-18-27(19-17-20-11-5-10-16-25(20)27)28(2,3)26-23-14-8-6-12-21(23)22-13-7-9-15-24(22)26/h4-17,19,26H,1,18H2,2-3H3. The van der Waals surface area contributed by atoms with Crippen LogP contribution in [-0.2, 0) is 5.04 Å². The Balaban J connectivity index is 1.77. The molecule has 2 aliphatic carbocycles. The van der Waals surface area contributed by atoms with E-state index >= 15 is 0 Å². The fourth-order valence-corrected chi connectivity index (χ4v) is 10.5. The minimum absolute atomic E-state index is 0.0700. The van der Waals surface area contributed by atoms with Crippen LogP contribution in [0.1, 0.15) is 34.2 Å². The molecule has 0 bridgehead atoms. The molecule has 2 aliphatic rings. The number of hydrogen-bond acceptors (Lipinski definition) is 0. The van der Waals surface area contributed by atoms with Crippen LogP contribution in [0.2, 0.25) is 13.1 Å². The molecular weight excluding hydrogens is 352 g/mol. The Kier molecular flexibility index (Phi) is 3.85. The molecule has 0 aromatic heterocycles. The SMILES string of the molecule is C=CCC1([Si](C)(C)C2c3ccccc3-c3ccccc32)C=Cc2ccccc21. The first kappa shape index (κ1) is 17.5. The Bertz CT molecular complexity index is 1060. The van der Waals surface area contributed by atoms with Gasteiger partial charge in [0, 0.05) is 10.6 Å². The molecule has 0 spiro atoms. The summed E-state index contributed by atoms with van der Waals surface area (Å²) in [6.45, 7) is 9.34.